The first kappa shape index (κ1) is 22.8. The van der Waals surface area contributed by atoms with Crippen LogP contribution in [-0.4, -0.2) is 58.9 Å². The average molecular weight is 501 g/mol. The quantitative estimate of drug-likeness (QED) is 0.537. The van der Waals surface area contributed by atoms with Gasteiger partial charge in [-0.05, 0) is 42.3 Å². The molecule has 5 rings (SSSR count). The summed E-state index contributed by atoms with van der Waals surface area (Å²) in [6.07, 6.45) is 1.28. The minimum atomic E-state index is -0.397. The summed E-state index contributed by atoms with van der Waals surface area (Å²) >= 11 is 7.82. The SMILES string of the molecule is C=CC(=O)N1CCN2C(=O)c3cc(Cl)c(-c4ccc(F)c5sc(N)nc45)c(C)c3COC[C@H]2C1. The topological polar surface area (TPSA) is 88.8 Å². The zero-order valence-corrected chi connectivity index (χ0v) is 20.0. The van der Waals surface area contributed by atoms with E-state index in [0.29, 0.717) is 58.2 Å². The molecule has 2 N–H and O–H groups in total. The van der Waals surface area contributed by atoms with Crippen molar-refractivity contribution in [3.63, 3.8) is 0 Å². The first-order valence-corrected chi connectivity index (χ1v) is 12.0. The van der Waals surface area contributed by atoms with Crippen LogP contribution >= 0.6 is 22.9 Å². The van der Waals surface area contributed by atoms with Crippen molar-refractivity contribution in [1.29, 1.82) is 0 Å². The van der Waals surface area contributed by atoms with Gasteiger partial charge in [-0.25, -0.2) is 9.37 Å². The maximum Gasteiger partial charge on any atom is 0.254 e. The fourth-order valence-corrected chi connectivity index (χ4v) is 5.88. The third-order valence-electron chi connectivity index (χ3n) is 6.46. The predicted octanol–water partition coefficient (Wildman–Crippen LogP) is 4.02. The van der Waals surface area contributed by atoms with Gasteiger partial charge in [0.1, 0.15) is 5.82 Å². The molecule has 1 fully saturated rings. The van der Waals surface area contributed by atoms with Crippen molar-refractivity contribution < 1.29 is 18.7 Å². The van der Waals surface area contributed by atoms with Crippen molar-refractivity contribution in [1.82, 2.24) is 14.8 Å². The van der Waals surface area contributed by atoms with Crippen LogP contribution in [0.2, 0.25) is 5.02 Å². The molecule has 0 bridgehead atoms. The van der Waals surface area contributed by atoms with Gasteiger partial charge < -0.3 is 20.3 Å². The number of nitrogens with zero attached hydrogens (tertiary/aromatic N) is 3. The number of piperazine rings is 1. The van der Waals surface area contributed by atoms with Gasteiger partial charge in [0.15, 0.2) is 5.13 Å². The van der Waals surface area contributed by atoms with Crippen LogP contribution in [0.3, 0.4) is 0 Å². The van der Waals surface area contributed by atoms with Crippen LogP contribution in [0.25, 0.3) is 21.3 Å². The van der Waals surface area contributed by atoms with E-state index in [2.05, 4.69) is 11.6 Å². The summed E-state index contributed by atoms with van der Waals surface area (Å²) in [5.74, 6) is -0.703. The Kier molecular flexibility index (Phi) is 5.79. The number of halogens is 2. The highest BCUT2D eigenvalue weighted by Gasteiger charge is 2.36. The minimum absolute atomic E-state index is 0.146. The highest BCUT2D eigenvalue weighted by molar-refractivity contribution is 7.22. The zero-order chi connectivity index (χ0) is 24.1. The van der Waals surface area contributed by atoms with E-state index in [1.807, 2.05) is 6.92 Å². The van der Waals surface area contributed by atoms with Crippen molar-refractivity contribution in [2.75, 3.05) is 32.0 Å². The first-order valence-electron chi connectivity index (χ1n) is 10.8. The van der Waals surface area contributed by atoms with Crippen molar-refractivity contribution in [3.8, 4) is 11.1 Å². The summed E-state index contributed by atoms with van der Waals surface area (Å²) in [6, 6.07) is 4.40. The van der Waals surface area contributed by atoms with Crippen LogP contribution in [0, 0.1) is 12.7 Å². The second kappa shape index (κ2) is 8.65. The third-order valence-corrected chi connectivity index (χ3v) is 7.65. The standard InChI is InChI=1S/C24H22ClFN4O3S/c1-3-19(31)29-6-7-30-13(9-29)10-33-11-16-12(2)20(17(25)8-15(16)23(30)32)14-4-5-18(26)22-21(14)28-24(27)34-22/h3-5,8,13H,1,6-7,9-11H2,2H3,(H2,27,28)/t13-/m1/s1. The summed E-state index contributed by atoms with van der Waals surface area (Å²) in [7, 11) is 0. The molecule has 2 aromatic carbocycles. The average Bonchev–Trinajstić information content (AvgIpc) is 3.22. The lowest BCUT2D eigenvalue weighted by Gasteiger charge is -2.42. The van der Waals surface area contributed by atoms with Crippen molar-refractivity contribution >= 4 is 50.1 Å². The van der Waals surface area contributed by atoms with E-state index in [1.165, 1.54) is 12.1 Å². The van der Waals surface area contributed by atoms with Gasteiger partial charge in [-0.3, -0.25) is 9.59 Å². The van der Waals surface area contributed by atoms with Crippen LogP contribution < -0.4 is 5.73 Å². The van der Waals surface area contributed by atoms with Gasteiger partial charge in [0.2, 0.25) is 5.91 Å². The van der Waals surface area contributed by atoms with Crippen LogP contribution in [0.15, 0.2) is 30.9 Å². The van der Waals surface area contributed by atoms with Crippen molar-refractivity contribution in [2.45, 2.75) is 19.6 Å². The molecule has 2 aliphatic heterocycles. The predicted molar refractivity (Wildman–Crippen MR) is 130 cm³/mol. The maximum absolute atomic E-state index is 14.4. The van der Waals surface area contributed by atoms with Gasteiger partial charge in [0.25, 0.3) is 5.91 Å². The molecule has 0 saturated carbocycles. The molecule has 0 spiro atoms. The number of hydrogen-bond donors (Lipinski definition) is 1. The van der Waals surface area contributed by atoms with Crippen LogP contribution in [0.5, 0.6) is 0 Å². The normalized spacial score (nSPS) is 18.3. The summed E-state index contributed by atoms with van der Waals surface area (Å²) in [4.78, 5) is 33.4. The molecular weight excluding hydrogens is 479 g/mol. The number of carbonyl (C=O) groups excluding carboxylic acids is 2. The van der Waals surface area contributed by atoms with E-state index in [0.717, 1.165) is 22.5 Å². The Hall–Kier alpha value is -3.01. The molecule has 0 unspecified atom stereocenters. The lowest BCUT2D eigenvalue weighted by atomic mass is 9.91. The summed E-state index contributed by atoms with van der Waals surface area (Å²) in [5.41, 5.74) is 9.59. The molecule has 3 aromatic rings. The van der Waals surface area contributed by atoms with E-state index in [4.69, 9.17) is 22.1 Å². The lowest BCUT2D eigenvalue weighted by Crippen LogP contribution is -2.58. The molecular formula is C24H22ClFN4O3S. The summed E-state index contributed by atoms with van der Waals surface area (Å²) in [5, 5.41) is 0.627. The molecule has 10 heteroatoms. The van der Waals surface area contributed by atoms with Gasteiger partial charge in [-0.2, -0.15) is 0 Å². The lowest BCUT2D eigenvalue weighted by molar-refractivity contribution is -0.129. The molecule has 0 radical (unpaired) electrons. The van der Waals surface area contributed by atoms with Crippen LogP contribution in [-0.2, 0) is 16.1 Å². The monoisotopic (exact) mass is 500 g/mol. The number of amides is 2. The summed E-state index contributed by atoms with van der Waals surface area (Å²) < 4.78 is 20.7. The smallest absolute Gasteiger partial charge is 0.254 e. The van der Waals surface area contributed by atoms with Gasteiger partial charge in [-0.15, -0.1) is 0 Å². The number of fused-ring (bicyclic) bond motifs is 3. The number of nitrogens with two attached hydrogens (primary N) is 1. The fourth-order valence-electron chi connectivity index (χ4n) is 4.77. The number of nitrogen functional groups attached to an aromatic ring is 1. The van der Waals surface area contributed by atoms with Gasteiger partial charge >= 0.3 is 0 Å². The molecule has 1 saturated heterocycles. The van der Waals surface area contributed by atoms with E-state index in [-0.39, 0.29) is 29.6 Å². The number of ether oxygens (including phenoxy) is 1. The maximum atomic E-state index is 14.4. The number of aromatic nitrogens is 1. The first-order chi connectivity index (χ1) is 16.3. The van der Waals surface area contributed by atoms with E-state index >= 15 is 0 Å². The second-order valence-electron chi connectivity index (χ2n) is 8.37. The molecule has 1 aromatic heterocycles. The molecule has 1 atom stereocenters. The Morgan fingerprint density at radius 1 is 1.38 bits per heavy atom. The number of benzene rings is 2. The second-order valence-corrected chi connectivity index (χ2v) is 9.80. The third kappa shape index (κ3) is 3.64. The Labute approximate surface area is 204 Å². The number of carbonyl (C=O) groups is 2. The highest BCUT2D eigenvalue weighted by Crippen LogP contribution is 2.41. The van der Waals surface area contributed by atoms with Crippen LogP contribution in [0.4, 0.5) is 9.52 Å². The molecule has 2 amide bonds. The van der Waals surface area contributed by atoms with E-state index in [9.17, 15) is 14.0 Å². The molecule has 34 heavy (non-hydrogen) atoms. The van der Waals surface area contributed by atoms with Crippen LogP contribution in [0.1, 0.15) is 21.5 Å². The van der Waals surface area contributed by atoms with E-state index < -0.39 is 5.82 Å². The highest BCUT2D eigenvalue weighted by atomic mass is 35.5. The largest absolute Gasteiger partial charge is 0.375 e. The molecule has 7 nitrogen and oxygen atoms in total. The Morgan fingerprint density at radius 2 is 2.18 bits per heavy atom. The molecule has 2 aliphatic rings. The molecule has 0 aliphatic carbocycles. The molecule has 3 heterocycles. The van der Waals surface area contributed by atoms with Gasteiger partial charge in [-0.1, -0.05) is 29.5 Å². The number of rotatable bonds is 2. The summed E-state index contributed by atoms with van der Waals surface area (Å²) in [6.45, 7) is 7.13. The van der Waals surface area contributed by atoms with Gasteiger partial charge in [0, 0.05) is 41.3 Å². The van der Waals surface area contributed by atoms with Crippen molar-refractivity contribution in [2.24, 2.45) is 0 Å². The van der Waals surface area contributed by atoms with E-state index in [1.54, 1.807) is 21.9 Å². The minimum Gasteiger partial charge on any atom is -0.375 e. The Balaban J connectivity index is 1.58. The van der Waals surface area contributed by atoms with Gasteiger partial charge in [0.05, 0.1) is 29.5 Å². The molecule has 176 valence electrons. The Bertz CT molecular complexity index is 1360. The fraction of sp³-hybridized carbons (Fsp3) is 0.292. The number of hydrogen-bond acceptors (Lipinski definition) is 6. The zero-order valence-electron chi connectivity index (χ0n) is 18.4. The number of anilines is 1. The number of thiazole rings is 1. The van der Waals surface area contributed by atoms with Crippen molar-refractivity contribution in [3.05, 3.63) is 58.4 Å². The Morgan fingerprint density at radius 3 is 2.94 bits per heavy atom.